The Kier molecular flexibility index (Phi) is 4.73. The Morgan fingerprint density at radius 2 is 2.00 bits per heavy atom. The summed E-state index contributed by atoms with van der Waals surface area (Å²) in [5.74, 6) is 0. The van der Waals surface area contributed by atoms with Crippen LogP contribution in [0.25, 0.3) is 0 Å². The van der Waals surface area contributed by atoms with Crippen molar-refractivity contribution in [1.82, 2.24) is 10.0 Å². The molecule has 6 heteroatoms. The number of likely N-dealkylation sites (N-methyl/N-ethyl adjacent to an activating group) is 1. The van der Waals surface area contributed by atoms with Gasteiger partial charge in [-0.25, -0.2) is 13.1 Å². The van der Waals surface area contributed by atoms with E-state index >= 15 is 0 Å². The molecule has 0 amide bonds. The predicted molar refractivity (Wildman–Crippen MR) is 65.3 cm³/mol. The molecule has 1 rings (SSSR count). The first-order valence-electron chi connectivity index (χ1n) is 4.88. The fourth-order valence-corrected chi connectivity index (χ4v) is 2.79. The van der Waals surface area contributed by atoms with Gasteiger partial charge in [0, 0.05) is 18.1 Å². The van der Waals surface area contributed by atoms with Crippen LogP contribution in [0, 0.1) is 6.92 Å². The number of hydrogen-bond donors (Lipinski definition) is 2. The summed E-state index contributed by atoms with van der Waals surface area (Å²) in [6, 6.07) is 4.84. The average molecular weight is 263 g/mol. The SMILES string of the molecule is CNCCNS(=O)(=O)c1cccc(Cl)c1C. The molecule has 16 heavy (non-hydrogen) atoms. The fraction of sp³-hybridized carbons (Fsp3) is 0.400. The molecule has 0 aliphatic heterocycles. The lowest BCUT2D eigenvalue weighted by Crippen LogP contribution is -2.30. The lowest BCUT2D eigenvalue weighted by Gasteiger charge is -2.09. The van der Waals surface area contributed by atoms with Crippen LogP contribution in [0.1, 0.15) is 5.56 Å². The van der Waals surface area contributed by atoms with Crippen molar-refractivity contribution in [1.29, 1.82) is 0 Å². The fourth-order valence-electron chi connectivity index (χ4n) is 1.27. The van der Waals surface area contributed by atoms with Crippen LogP contribution in [0.3, 0.4) is 0 Å². The highest BCUT2D eigenvalue weighted by molar-refractivity contribution is 7.89. The van der Waals surface area contributed by atoms with Gasteiger partial charge in [0.15, 0.2) is 0 Å². The summed E-state index contributed by atoms with van der Waals surface area (Å²) in [7, 11) is -1.70. The van der Waals surface area contributed by atoms with Gasteiger partial charge < -0.3 is 5.32 Å². The van der Waals surface area contributed by atoms with Gasteiger partial charge in [-0.1, -0.05) is 17.7 Å². The van der Waals surface area contributed by atoms with E-state index in [1.54, 1.807) is 32.2 Å². The minimum atomic E-state index is -3.46. The Morgan fingerprint density at radius 3 is 2.62 bits per heavy atom. The van der Waals surface area contributed by atoms with Crippen LogP contribution in [0.2, 0.25) is 5.02 Å². The normalized spacial score (nSPS) is 11.7. The quantitative estimate of drug-likeness (QED) is 0.783. The number of sulfonamides is 1. The van der Waals surface area contributed by atoms with Gasteiger partial charge in [0.2, 0.25) is 10.0 Å². The van der Waals surface area contributed by atoms with E-state index in [0.29, 0.717) is 23.7 Å². The monoisotopic (exact) mass is 262 g/mol. The first kappa shape index (κ1) is 13.4. The molecule has 0 unspecified atom stereocenters. The molecule has 0 aliphatic carbocycles. The second kappa shape index (κ2) is 5.63. The van der Waals surface area contributed by atoms with Gasteiger partial charge >= 0.3 is 0 Å². The summed E-state index contributed by atoms with van der Waals surface area (Å²) < 4.78 is 26.3. The molecule has 0 fully saturated rings. The van der Waals surface area contributed by atoms with Crippen molar-refractivity contribution in [3.63, 3.8) is 0 Å². The predicted octanol–water partition coefficient (Wildman–Crippen LogP) is 1.15. The smallest absolute Gasteiger partial charge is 0.240 e. The van der Waals surface area contributed by atoms with Crippen molar-refractivity contribution in [3.05, 3.63) is 28.8 Å². The third-order valence-corrected chi connectivity index (χ3v) is 4.19. The van der Waals surface area contributed by atoms with Crippen LogP contribution >= 0.6 is 11.6 Å². The Hall–Kier alpha value is -0.620. The van der Waals surface area contributed by atoms with Crippen molar-refractivity contribution in [2.24, 2.45) is 0 Å². The van der Waals surface area contributed by atoms with Crippen molar-refractivity contribution in [2.75, 3.05) is 20.1 Å². The van der Waals surface area contributed by atoms with Gasteiger partial charge in [0.25, 0.3) is 0 Å². The lowest BCUT2D eigenvalue weighted by atomic mass is 10.2. The molecule has 0 bridgehead atoms. The molecular weight excluding hydrogens is 248 g/mol. The maximum absolute atomic E-state index is 11.9. The van der Waals surface area contributed by atoms with E-state index in [1.165, 1.54) is 0 Å². The van der Waals surface area contributed by atoms with Crippen LogP contribution in [-0.2, 0) is 10.0 Å². The maximum Gasteiger partial charge on any atom is 0.240 e. The average Bonchev–Trinajstić information content (AvgIpc) is 2.22. The van der Waals surface area contributed by atoms with Gasteiger partial charge in [-0.05, 0) is 31.7 Å². The molecule has 0 radical (unpaired) electrons. The van der Waals surface area contributed by atoms with Gasteiger partial charge in [0.1, 0.15) is 0 Å². The summed E-state index contributed by atoms with van der Waals surface area (Å²) in [6.07, 6.45) is 0. The van der Waals surface area contributed by atoms with Gasteiger partial charge in [0.05, 0.1) is 4.90 Å². The van der Waals surface area contributed by atoms with Crippen molar-refractivity contribution in [3.8, 4) is 0 Å². The molecule has 1 aromatic rings. The van der Waals surface area contributed by atoms with Gasteiger partial charge in [-0.2, -0.15) is 0 Å². The Balaban J connectivity index is 2.94. The van der Waals surface area contributed by atoms with Crippen LogP contribution in [0.15, 0.2) is 23.1 Å². The van der Waals surface area contributed by atoms with Crippen LogP contribution < -0.4 is 10.0 Å². The summed E-state index contributed by atoms with van der Waals surface area (Å²) in [6.45, 7) is 2.62. The molecule has 0 aromatic heterocycles. The van der Waals surface area contributed by atoms with Crippen molar-refractivity contribution in [2.45, 2.75) is 11.8 Å². The standard InChI is InChI=1S/C10H15ClN2O2S/c1-8-9(11)4-3-5-10(8)16(14,15)13-7-6-12-2/h3-5,12-13H,6-7H2,1-2H3. The summed E-state index contributed by atoms with van der Waals surface area (Å²) in [5, 5.41) is 3.32. The minimum absolute atomic E-state index is 0.233. The maximum atomic E-state index is 11.9. The Bertz CT molecular complexity index is 460. The molecule has 0 saturated heterocycles. The second-order valence-corrected chi connectivity index (χ2v) is 5.51. The number of halogens is 1. The number of hydrogen-bond acceptors (Lipinski definition) is 3. The van der Waals surface area contributed by atoms with E-state index in [0.717, 1.165) is 0 Å². The van der Waals surface area contributed by atoms with E-state index in [-0.39, 0.29) is 4.90 Å². The zero-order chi connectivity index (χ0) is 12.2. The van der Waals surface area contributed by atoms with E-state index in [4.69, 9.17) is 11.6 Å². The zero-order valence-electron chi connectivity index (χ0n) is 9.25. The van der Waals surface area contributed by atoms with Gasteiger partial charge in [-0.15, -0.1) is 0 Å². The van der Waals surface area contributed by atoms with Crippen molar-refractivity contribution >= 4 is 21.6 Å². The first-order chi connectivity index (χ1) is 7.49. The molecule has 0 spiro atoms. The van der Waals surface area contributed by atoms with Crippen LogP contribution in [0.4, 0.5) is 0 Å². The summed E-state index contributed by atoms with van der Waals surface area (Å²) in [4.78, 5) is 0.233. The van der Waals surface area contributed by atoms with Crippen molar-refractivity contribution < 1.29 is 8.42 Å². The molecule has 0 saturated carbocycles. The van der Waals surface area contributed by atoms with Crippen LogP contribution in [0.5, 0.6) is 0 Å². The molecule has 90 valence electrons. The molecule has 4 nitrogen and oxygen atoms in total. The minimum Gasteiger partial charge on any atom is -0.318 e. The van der Waals surface area contributed by atoms with E-state index in [9.17, 15) is 8.42 Å². The highest BCUT2D eigenvalue weighted by atomic mass is 35.5. The summed E-state index contributed by atoms with van der Waals surface area (Å²) in [5.41, 5.74) is 0.570. The highest BCUT2D eigenvalue weighted by Crippen LogP contribution is 2.22. The van der Waals surface area contributed by atoms with Crippen LogP contribution in [-0.4, -0.2) is 28.6 Å². The topological polar surface area (TPSA) is 58.2 Å². The molecule has 0 aliphatic rings. The first-order valence-corrected chi connectivity index (χ1v) is 6.74. The number of nitrogens with one attached hydrogen (secondary N) is 2. The van der Waals surface area contributed by atoms with Gasteiger partial charge in [-0.3, -0.25) is 0 Å². The molecule has 0 atom stereocenters. The number of benzene rings is 1. The Morgan fingerprint density at radius 1 is 1.31 bits per heavy atom. The van der Waals surface area contributed by atoms with E-state index in [1.807, 2.05) is 0 Å². The second-order valence-electron chi connectivity index (χ2n) is 3.36. The third kappa shape index (κ3) is 3.18. The molecule has 2 N–H and O–H groups in total. The summed E-state index contributed by atoms with van der Waals surface area (Å²) >= 11 is 5.88. The highest BCUT2D eigenvalue weighted by Gasteiger charge is 2.16. The Labute approximate surface area is 101 Å². The third-order valence-electron chi connectivity index (χ3n) is 2.17. The van der Waals surface area contributed by atoms with E-state index in [2.05, 4.69) is 10.0 Å². The lowest BCUT2D eigenvalue weighted by molar-refractivity contribution is 0.579. The molecular formula is C10H15ClN2O2S. The largest absolute Gasteiger partial charge is 0.318 e. The van der Waals surface area contributed by atoms with E-state index < -0.39 is 10.0 Å². The molecule has 0 heterocycles. The molecule has 1 aromatic carbocycles. The number of rotatable bonds is 5. The zero-order valence-corrected chi connectivity index (χ0v) is 10.8.